The van der Waals surface area contributed by atoms with Crippen LogP contribution >= 0.6 is 0 Å². The van der Waals surface area contributed by atoms with Gasteiger partial charge in [-0.15, -0.1) is 0 Å². The predicted octanol–water partition coefficient (Wildman–Crippen LogP) is 3.53. The molecule has 1 saturated heterocycles. The van der Waals surface area contributed by atoms with Crippen LogP contribution in [0.15, 0.2) is 42.6 Å². The van der Waals surface area contributed by atoms with Crippen LogP contribution in [0.3, 0.4) is 0 Å². The summed E-state index contributed by atoms with van der Waals surface area (Å²) in [7, 11) is 0. The van der Waals surface area contributed by atoms with Gasteiger partial charge >= 0.3 is 0 Å². The molecule has 5 heteroatoms. The third-order valence-electron chi connectivity index (χ3n) is 5.14. The first-order chi connectivity index (χ1) is 11.9. The number of aryl methyl sites for hydroxylation is 1. The highest BCUT2D eigenvalue weighted by Crippen LogP contribution is 2.42. The average Bonchev–Trinajstić information content (AvgIpc) is 3.12. The average molecular weight is 334 g/mol. The summed E-state index contributed by atoms with van der Waals surface area (Å²) < 4.78 is 0. The van der Waals surface area contributed by atoms with Crippen LogP contribution in [-0.2, 0) is 0 Å². The second-order valence-corrected chi connectivity index (χ2v) is 7.55. The molecular formula is C20H22N4O. The molecule has 3 heterocycles. The van der Waals surface area contributed by atoms with E-state index in [0.717, 1.165) is 24.4 Å². The summed E-state index contributed by atoms with van der Waals surface area (Å²) in [6.45, 7) is 7.83. The highest BCUT2D eigenvalue weighted by atomic mass is 16.2. The van der Waals surface area contributed by atoms with Crippen LogP contribution in [0.5, 0.6) is 0 Å². The van der Waals surface area contributed by atoms with Crippen LogP contribution in [0.25, 0.3) is 11.2 Å². The van der Waals surface area contributed by atoms with Crippen molar-refractivity contribution in [2.75, 3.05) is 13.1 Å². The Morgan fingerprint density at radius 3 is 2.80 bits per heavy atom. The van der Waals surface area contributed by atoms with E-state index in [1.807, 2.05) is 24.0 Å². The van der Waals surface area contributed by atoms with Gasteiger partial charge in [0.05, 0.1) is 11.1 Å². The minimum atomic E-state index is 0.0353. The number of pyridine rings is 1. The van der Waals surface area contributed by atoms with Crippen molar-refractivity contribution in [3.8, 4) is 0 Å². The number of aromatic amines is 1. The fraction of sp³-hybridized carbons (Fsp3) is 0.350. The molecule has 2 aromatic heterocycles. The van der Waals surface area contributed by atoms with Gasteiger partial charge in [0.2, 0.25) is 0 Å². The lowest BCUT2D eigenvalue weighted by molar-refractivity contribution is 0.0777. The third-order valence-corrected chi connectivity index (χ3v) is 5.14. The highest BCUT2D eigenvalue weighted by molar-refractivity contribution is 5.96. The summed E-state index contributed by atoms with van der Waals surface area (Å²) in [5.41, 5.74) is 3.40. The van der Waals surface area contributed by atoms with E-state index in [1.165, 1.54) is 5.56 Å². The Bertz CT molecular complexity index is 929. The topological polar surface area (TPSA) is 61.9 Å². The van der Waals surface area contributed by atoms with Crippen molar-refractivity contribution in [1.29, 1.82) is 0 Å². The number of likely N-dealkylation sites (tertiary alicyclic amines) is 1. The van der Waals surface area contributed by atoms with Crippen LogP contribution in [0.4, 0.5) is 0 Å². The monoisotopic (exact) mass is 334 g/mol. The molecule has 25 heavy (non-hydrogen) atoms. The molecule has 0 unspecified atom stereocenters. The zero-order valence-electron chi connectivity index (χ0n) is 14.8. The molecule has 0 radical (unpaired) electrons. The Balaban J connectivity index is 1.62. The van der Waals surface area contributed by atoms with Crippen LogP contribution < -0.4 is 0 Å². The van der Waals surface area contributed by atoms with Gasteiger partial charge in [0, 0.05) is 25.2 Å². The number of hydrogen-bond acceptors (Lipinski definition) is 3. The van der Waals surface area contributed by atoms with Gasteiger partial charge in [-0.1, -0.05) is 44.2 Å². The number of aromatic nitrogens is 3. The number of benzene rings is 1. The van der Waals surface area contributed by atoms with Gasteiger partial charge in [0.25, 0.3) is 5.91 Å². The Morgan fingerprint density at radius 1 is 1.28 bits per heavy atom. The van der Waals surface area contributed by atoms with E-state index in [-0.39, 0.29) is 11.3 Å². The number of nitrogens with zero attached hydrogens (tertiary/aromatic N) is 3. The molecule has 1 amide bonds. The molecule has 0 spiro atoms. The summed E-state index contributed by atoms with van der Waals surface area (Å²) >= 11 is 0. The smallest absolute Gasteiger partial charge is 0.255 e. The maximum atomic E-state index is 13.0. The lowest BCUT2D eigenvalue weighted by Crippen LogP contribution is -2.30. The van der Waals surface area contributed by atoms with E-state index in [4.69, 9.17) is 0 Å². The number of nitrogens with one attached hydrogen (secondary N) is 1. The molecule has 1 N–H and O–H groups in total. The standard InChI is InChI=1S/C20H22N4O/c1-13-22-17-9-15(10-21-18(17)23-13)19(25)24-11-16(20(2,3)12-24)14-7-5-4-6-8-14/h4-10,16H,11-12H2,1-3H3,(H,21,22,23)/t16-/m1/s1. The van der Waals surface area contributed by atoms with Gasteiger partial charge in [-0.2, -0.15) is 0 Å². The number of carbonyl (C=O) groups excluding carboxylic acids is 1. The first kappa shape index (κ1) is 15.8. The van der Waals surface area contributed by atoms with Crippen molar-refractivity contribution in [3.63, 3.8) is 0 Å². The minimum absolute atomic E-state index is 0.0353. The highest BCUT2D eigenvalue weighted by Gasteiger charge is 2.42. The number of hydrogen-bond donors (Lipinski definition) is 1. The molecule has 4 rings (SSSR count). The Kier molecular flexibility index (Phi) is 3.60. The summed E-state index contributed by atoms with van der Waals surface area (Å²) in [6, 6.07) is 12.3. The first-order valence-electron chi connectivity index (χ1n) is 8.61. The fourth-order valence-electron chi connectivity index (χ4n) is 3.85. The summed E-state index contributed by atoms with van der Waals surface area (Å²) in [5, 5.41) is 0. The summed E-state index contributed by atoms with van der Waals surface area (Å²) in [4.78, 5) is 26.7. The van der Waals surface area contributed by atoms with Crippen molar-refractivity contribution < 1.29 is 4.79 Å². The first-order valence-corrected chi connectivity index (χ1v) is 8.61. The molecule has 1 atom stereocenters. The van der Waals surface area contributed by atoms with Crippen molar-refractivity contribution in [2.24, 2.45) is 5.41 Å². The normalized spacial score (nSPS) is 19.5. The Hall–Kier alpha value is -2.69. The molecule has 0 saturated carbocycles. The number of H-pyrrole nitrogens is 1. The van der Waals surface area contributed by atoms with Crippen LogP contribution in [0.2, 0.25) is 0 Å². The van der Waals surface area contributed by atoms with Crippen molar-refractivity contribution in [3.05, 3.63) is 59.5 Å². The maximum absolute atomic E-state index is 13.0. The second-order valence-electron chi connectivity index (χ2n) is 7.55. The fourth-order valence-corrected chi connectivity index (χ4v) is 3.85. The Morgan fingerprint density at radius 2 is 2.04 bits per heavy atom. The molecule has 1 fully saturated rings. The van der Waals surface area contributed by atoms with Crippen molar-refractivity contribution >= 4 is 17.1 Å². The van der Waals surface area contributed by atoms with Crippen LogP contribution in [0.1, 0.15) is 41.5 Å². The summed E-state index contributed by atoms with van der Waals surface area (Å²) in [5.74, 6) is 1.18. The van der Waals surface area contributed by atoms with Crippen LogP contribution in [-0.4, -0.2) is 38.8 Å². The lowest BCUT2D eigenvalue weighted by Gasteiger charge is -2.25. The quantitative estimate of drug-likeness (QED) is 0.780. The molecule has 0 bridgehead atoms. The molecule has 1 aliphatic rings. The van der Waals surface area contributed by atoms with E-state index in [9.17, 15) is 4.79 Å². The van der Waals surface area contributed by atoms with Crippen LogP contribution in [0, 0.1) is 12.3 Å². The third kappa shape index (κ3) is 2.80. The van der Waals surface area contributed by atoms with E-state index in [0.29, 0.717) is 17.1 Å². The molecule has 0 aliphatic carbocycles. The SMILES string of the molecule is Cc1nc2ncc(C(=O)N3C[C@H](c4ccccc4)C(C)(C)C3)cc2[nH]1. The Labute approximate surface area is 147 Å². The van der Waals surface area contributed by atoms with Gasteiger partial charge in [-0.25, -0.2) is 9.97 Å². The predicted molar refractivity (Wildman–Crippen MR) is 97.5 cm³/mol. The summed E-state index contributed by atoms with van der Waals surface area (Å²) in [6.07, 6.45) is 1.63. The van der Waals surface area contributed by atoms with Gasteiger partial charge in [-0.3, -0.25) is 4.79 Å². The van der Waals surface area contributed by atoms with Gasteiger partial charge in [-0.05, 0) is 24.0 Å². The number of fused-ring (bicyclic) bond motifs is 1. The molecule has 5 nitrogen and oxygen atoms in total. The molecule has 3 aromatic rings. The molecular weight excluding hydrogens is 312 g/mol. The van der Waals surface area contributed by atoms with E-state index >= 15 is 0 Å². The van der Waals surface area contributed by atoms with Crippen molar-refractivity contribution in [1.82, 2.24) is 19.9 Å². The zero-order chi connectivity index (χ0) is 17.6. The van der Waals surface area contributed by atoms with E-state index in [1.54, 1.807) is 6.20 Å². The number of amides is 1. The lowest BCUT2D eigenvalue weighted by atomic mass is 9.78. The zero-order valence-corrected chi connectivity index (χ0v) is 14.8. The largest absolute Gasteiger partial charge is 0.341 e. The number of imidazole rings is 1. The number of rotatable bonds is 2. The number of carbonyl (C=O) groups is 1. The second kappa shape index (κ2) is 5.69. The van der Waals surface area contributed by atoms with Crippen molar-refractivity contribution in [2.45, 2.75) is 26.7 Å². The van der Waals surface area contributed by atoms with Gasteiger partial charge in [0.15, 0.2) is 5.65 Å². The van der Waals surface area contributed by atoms with E-state index in [2.05, 4.69) is 53.1 Å². The van der Waals surface area contributed by atoms with E-state index < -0.39 is 0 Å². The van der Waals surface area contributed by atoms with Gasteiger partial charge < -0.3 is 9.88 Å². The minimum Gasteiger partial charge on any atom is -0.341 e. The molecule has 128 valence electrons. The maximum Gasteiger partial charge on any atom is 0.255 e. The molecule has 1 aromatic carbocycles. The van der Waals surface area contributed by atoms with Gasteiger partial charge in [0.1, 0.15) is 5.82 Å². The molecule has 1 aliphatic heterocycles.